The molecule has 116 valence electrons. The van der Waals surface area contributed by atoms with E-state index in [1.165, 1.54) is 12.3 Å². The van der Waals surface area contributed by atoms with E-state index in [0.717, 1.165) is 5.56 Å². The lowest BCUT2D eigenvalue weighted by Gasteiger charge is -2.05. The summed E-state index contributed by atoms with van der Waals surface area (Å²) in [4.78, 5) is 22.6. The lowest BCUT2D eigenvalue weighted by atomic mass is 10.1. The Balaban J connectivity index is 2.21. The molecule has 4 N–H and O–H groups in total. The number of aromatic amines is 1. The van der Waals surface area contributed by atoms with Crippen molar-refractivity contribution in [2.75, 3.05) is 5.73 Å². The molecule has 3 rings (SSSR count). The molecule has 2 heterocycles. The van der Waals surface area contributed by atoms with Crippen molar-refractivity contribution in [3.8, 4) is 22.6 Å². The van der Waals surface area contributed by atoms with Gasteiger partial charge in [0.1, 0.15) is 0 Å². The lowest BCUT2D eigenvalue weighted by Crippen LogP contribution is -1.97. The van der Waals surface area contributed by atoms with Crippen LogP contribution in [0.2, 0.25) is 5.02 Å². The SMILES string of the molecule is Cc1ccc(Cl)c(-c2[nH]c(-c3ccnc(N)n3)cc2C(=O)O)c1. The highest BCUT2D eigenvalue weighted by atomic mass is 35.5. The Bertz CT molecular complexity index is 905. The van der Waals surface area contributed by atoms with Crippen LogP contribution in [0, 0.1) is 6.92 Å². The molecule has 0 aliphatic heterocycles. The number of aromatic carboxylic acids is 1. The number of hydrogen-bond acceptors (Lipinski definition) is 4. The van der Waals surface area contributed by atoms with Gasteiger partial charge in [-0.15, -0.1) is 0 Å². The number of aryl methyl sites for hydroxylation is 1. The zero-order valence-electron chi connectivity index (χ0n) is 12.2. The molecular formula is C16H13ClN4O2. The Hall–Kier alpha value is -2.86. The van der Waals surface area contributed by atoms with Gasteiger partial charge in [0.15, 0.2) is 0 Å². The van der Waals surface area contributed by atoms with Crippen LogP contribution in [0.5, 0.6) is 0 Å². The van der Waals surface area contributed by atoms with Crippen molar-refractivity contribution in [2.45, 2.75) is 6.92 Å². The topological polar surface area (TPSA) is 105 Å². The third kappa shape index (κ3) is 2.89. The second kappa shape index (κ2) is 5.73. The number of hydrogen-bond donors (Lipinski definition) is 3. The van der Waals surface area contributed by atoms with Crippen molar-refractivity contribution >= 4 is 23.5 Å². The van der Waals surface area contributed by atoms with E-state index in [2.05, 4.69) is 15.0 Å². The molecule has 0 bridgehead atoms. The Morgan fingerprint density at radius 2 is 2.09 bits per heavy atom. The Kier molecular flexibility index (Phi) is 3.75. The molecule has 0 aliphatic rings. The normalized spacial score (nSPS) is 10.7. The van der Waals surface area contributed by atoms with E-state index in [1.807, 2.05) is 19.1 Å². The summed E-state index contributed by atoms with van der Waals surface area (Å²) < 4.78 is 0. The molecule has 0 amide bonds. The van der Waals surface area contributed by atoms with Crippen LogP contribution in [0.3, 0.4) is 0 Å². The molecule has 0 aliphatic carbocycles. The third-order valence-electron chi connectivity index (χ3n) is 3.39. The van der Waals surface area contributed by atoms with E-state index in [9.17, 15) is 9.90 Å². The predicted molar refractivity (Wildman–Crippen MR) is 88.4 cm³/mol. The summed E-state index contributed by atoms with van der Waals surface area (Å²) in [6, 6.07) is 8.59. The molecule has 1 aromatic carbocycles. The predicted octanol–water partition coefficient (Wildman–Crippen LogP) is 3.38. The number of H-pyrrole nitrogens is 1. The molecule has 0 saturated carbocycles. The van der Waals surface area contributed by atoms with Crippen LogP contribution < -0.4 is 5.73 Å². The van der Waals surface area contributed by atoms with Gasteiger partial charge in [-0.2, -0.15) is 0 Å². The standard InChI is InChI=1S/C16H13ClN4O2/c1-8-2-3-11(17)9(6-8)14-10(15(22)23)7-13(20-14)12-4-5-19-16(18)21-12/h2-7,20H,1H3,(H,22,23)(H2,18,19,21). The molecular weight excluding hydrogens is 316 g/mol. The van der Waals surface area contributed by atoms with Gasteiger partial charge in [0.2, 0.25) is 5.95 Å². The van der Waals surface area contributed by atoms with E-state index < -0.39 is 5.97 Å². The van der Waals surface area contributed by atoms with Crippen LogP contribution in [0.15, 0.2) is 36.5 Å². The zero-order valence-corrected chi connectivity index (χ0v) is 12.9. The molecule has 6 nitrogen and oxygen atoms in total. The van der Waals surface area contributed by atoms with Gasteiger partial charge in [0, 0.05) is 16.8 Å². The summed E-state index contributed by atoms with van der Waals surface area (Å²) in [6.07, 6.45) is 1.51. The molecule has 3 aromatic rings. The van der Waals surface area contributed by atoms with Crippen LogP contribution in [-0.2, 0) is 0 Å². The van der Waals surface area contributed by atoms with Crippen molar-refractivity contribution in [3.63, 3.8) is 0 Å². The minimum Gasteiger partial charge on any atom is -0.478 e. The maximum absolute atomic E-state index is 11.6. The number of carboxylic acids is 1. The summed E-state index contributed by atoms with van der Waals surface area (Å²) in [5, 5.41) is 9.95. The quantitative estimate of drug-likeness (QED) is 0.683. The summed E-state index contributed by atoms with van der Waals surface area (Å²) >= 11 is 6.23. The molecule has 0 fully saturated rings. The highest BCUT2D eigenvalue weighted by Gasteiger charge is 2.19. The van der Waals surface area contributed by atoms with Crippen LogP contribution in [0.4, 0.5) is 5.95 Å². The van der Waals surface area contributed by atoms with Gasteiger partial charge in [0.25, 0.3) is 0 Å². The first-order valence-corrected chi connectivity index (χ1v) is 7.15. The number of nitrogens with zero attached hydrogens (tertiary/aromatic N) is 2. The number of rotatable bonds is 3. The van der Waals surface area contributed by atoms with E-state index in [0.29, 0.717) is 27.7 Å². The molecule has 0 unspecified atom stereocenters. The minimum atomic E-state index is -1.05. The number of nitrogens with two attached hydrogens (primary N) is 1. The van der Waals surface area contributed by atoms with Gasteiger partial charge in [-0.1, -0.05) is 23.2 Å². The van der Waals surface area contributed by atoms with Crippen LogP contribution in [0.1, 0.15) is 15.9 Å². The second-order valence-corrected chi connectivity index (χ2v) is 5.47. The van der Waals surface area contributed by atoms with Crippen molar-refractivity contribution in [1.29, 1.82) is 0 Å². The van der Waals surface area contributed by atoms with Crippen molar-refractivity contribution in [1.82, 2.24) is 15.0 Å². The number of nitrogen functional groups attached to an aromatic ring is 1. The van der Waals surface area contributed by atoms with Gasteiger partial charge in [-0.05, 0) is 31.2 Å². The molecule has 7 heteroatoms. The van der Waals surface area contributed by atoms with Crippen molar-refractivity contribution in [3.05, 3.63) is 52.7 Å². The molecule has 0 atom stereocenters. The molecule has 0 radical (unpaired) electrons. The van der Waals surface area contributed by atoms with E-state index in [-0.39, 0.29) is 11.5 Å². The van der Waals surface area contributed by atoms with Crippen LogP contribution in [0.25, 0.3) is 22.6 Å². The zero-order chi connectivity index (χ0) is 16.6. The summed E-state index contributed by atoms with van der Waals surface area (Å²) in [7, 11) is 0. The number of nitrogens with one attached hydrogen (secondary N) is 1. The molecule has 2 aromatic heterocycles. The fraction of sp³-hybridized carbons (Fsp3) is 0.0625. The maximum atomic E-state index is 11.6. The largest absolute Gasteiger partial charge is 0.478 e. The number of aromatic nitrogens is 3. The number of benzene rings is 1. The second-order valence-electron chi connectivity index (χ2n) is 5.06. The van der Waals surface area contributed by atoms with E-state index >= 15 is 0 Å². The molecule has 23 heavy (non-hydrogen) atoms. The third-order valence-corrected chi connectivity index (χ3v) is 3.72. The first-order valence-electron chi connectivity index (χ1n) is 6.77. The summed E-state index contributed by atoms with van der Waals surface area (Å²) in [5.74, 6) is -0.939. The first-order chi connectivity index (χ1) is 11.0. The lowest BCUT2D eigenvalue weighted by molar-refractivity contribution is 0.0698. The van der Waals surface area contributed by atoms with Crippen LogP contribution >= 0.6 is 11.6 Å². The van der Waals surface area contributed by atoms with Gasteiger partial charge in [0.05, 0.1) is 22.6 Å². The minimum absolute atomic E-state index is 0.115. The van der Waals surface area contributed by atoms with Gasteiger partial charge < -0.3 is 15.8 Å². The van der Waals surface area contributed by atoms with Crippen molar-refractivity contribution in [2.24, 2.45) is 0 Å². The van der Waals surface area contributed by atoms with Crippen molar-refractivity contribution < 1.29 is 9.90 Å². The van der Waals surface area contributed by atoms with Gasteiger partial charge in [-0.25, -0.2) is 14.8 Å². The fourth-order valence-corrected chi connectivity index (χ4v) is 2.54. The Morgan fingerprint density at radius 3 is 2.78 bits per heavy atom. The van der Waals surface area contributed by atoms with Gasteiger partial charge in [-0.3, -0.25) is 0 Å². The average molecular weight is 329 g/mol. The number of anilines is 1. The monoisotopic (exact) mass is 328 g/mol. The van der Waals surface area contributed by atoms with Gasteiger partial charge >= 0.3 is 5.97 Å². The fourth-order valence-electron chi connectivity index (χ4n) is 2.33. The highest BCUT2D eigenvalue weighted by molar-refractivity contribution is 6.33. The Labute approximate surface area is 137 Å². The smallest absolute Gasteiger partial charge is 0.337 e. The number of halogens is 1. The Morgan fingerprint density at radius 1 is 1.30 bits per heavy atom. The van der Waals surface area contributed by atoms with E-state index in [4.69, 9.17) is 17.3 Å². The molecule has 0 saturated heterocycles. The number of carbonyl (C=O) groups is 1. The highest BCUT2D eigenvalue weighted by Crippen LogP contribution is 2.33. The van der Waals surface area contributed by atoms with Crippen LogP contribution in [-0.4, -0.2) is 26.0 Å². The number of carboxylic acid groups (broad SMARTS) is 1. The summed E-state index contributed by atoms with van der Waals surface area (Å²) in [6.45, 7) is 1.91. The molecule has 0 spiro atoms. The van der Waals surface area contributed by atoms with E-state index in [1.54, 1.807) is 12.1 Å². The summed E-state index contributed by atoms with van der Waals surface area (Å²) in [5.41, 5.74) is 8.77. The average Bonchev–Trinajstić information content (AvgIpc) is 2.95. The maximum Gasteiger partial charge on any atom is 0.337 e. The first kappa shape index (κ1) is 15.1.